The van der Waals surface area contributed by atoms with Crippen LogP contribution >= 0.6 is 0 Å². The van der Waals surface area contributed by atoms with E-state index in [0.717, 1.165) is 18.5 Å². The lowest BCUT2D eigenvalue weighted by molar-refractivity contribution is -0.138. The Morgan fingerprint density at radius 1 is 1.47 bits per heavy atom. The third-order valence-corrected chi connectivity index (χ3v) is 2.72. The molecule has 5 nitrogen and oxygen atoms in total. The average molecular weight is 237 g/mol. The van der Waals surface area contributed by atoms with E-state index in [4.69, 9.17) is 5.11 Å². The summed E-state index contributed by atoms with van der Waals surface area (Å²) in [7, 11) is 1.75. The second-order valence-electron chi connectivity index (χ2n) is 3.99. The molecule has 1 atom stereocenters. The second-order valence-corrected chi connectivity index (χ2v) is 3.99. The fraction of sp³-hybridized carbons (Fsp3) is 0.583. The molecule has 1 aromatic heterocycles. The number of nitrogens with zero attached hydrogens (tertiary/aromatic N) is 3. The van der Waals surface area contributed by atoms with E-state index in [1.807, 2.05) is 13.0 Å². The van der Waals surface area contributed by atoms with Crippen molar-refractivity contribution >= 4 is 11.8 Å². The molecular formula is C12H19N3O2. The summed E-state index contributed by atoms with van der Waals surface area (Å²) in [5.41, 5.74) is 0.949. The van der Waals surface area contributed by atoms with Gasteiger partial charge in [-0.15, -0.1) is 0 Å². The fourth-order valence-corrected chi connectivity index (χ4v) is 1.75. The fourth-order valence-electron chi connectivity index (χ4n) is 1.75. The molecule has 1 heterocycles. The summed E-state index contributed by atoms with van der Waals surface area (Å²) < 4.78 is 0. The van der Waals surface area contributed by atoms with Crippen LogP contribution in [-0.4, -0.2) is 34.1 Å². The number of rotatable bonds is 6. The third kappa shape index (κ3) is 3.41. The predicted octanol–water partition coefficient (Wildman–Crippen LogP) is 1.73. The number of hydrogen-bond acceptors (Lipinski definition) is 4. The quantitative estimate of drug-likeness (QED) is 0.816. The van der Waals surface area contributed by atoms with Gasteiger partial charge in [-0.3, -0.25) is 0 Å². The van der Waals surface area contributed by atoms with E-state index in [0.29, 0.717) is 12.2 Å². The van der Waals surface area contributed by atoms with E-state index in [1.54, 1.807) is 11.9 Å². The minimum atomic E-state index is -0.828. The number of aryl methyl sites for hydroxylation is 1. The van der Waals surface area contributed by atoms with Gasteiger partial charge in [-0.25, -0.2) is 14.8 Å². The number of aromatic nitrogens is 2. The molecule has 17 heavy (non-hydrogen) atoms. The van der Waals surface area contributed by atoms with E-state index in [2.05, 4.69) is 16.9 Å². The van der Waals surface area contributed by atoms with Crippen LogP contribution in [0.25, 0.3) is 0 Å². The molecule has 0 amide bonds. The number of carbonyl (C=O) groups is 1. The summed E-state index contributed by atoms with van der Waals surface area (Å²) in [6.07, 6.45) is 3.92. The smallest absolute Gasteiger partial charge is 0.326 e. The number of carboxylic acid groups (broad SMARTS) is 1. The van der Waals surface area contributed by atoms with Gasteiger partial charge < -0.3 is 10.0 Å². The summed E-state index contributed by atoms with van der Waals surface area (Å²) in [6.45, 7) is 3.93. The Hall–Kier alpha value is -1.65. The molecule has 0 fully saturated rings. The molecule has 1 aromatic rings. The van der Waals surface area contributed by atoms with Crippen molar-refractivity contribution < 1.29 is 9.90 Å². The van der Waals surface area contributed by atoms with Crippen molar-refractivity contribution in [3.63, 3.8) is 0 Å². The first kappa shape index (κ1) is 13.4. The second kappa shape index (κ2) is 6.18. The topological polar surface area (TPSA) is 66.3 Å². The van der Waals surface area contributed by atoms with Crippen molar-refractivity contribution in [2.75, 3.05) is 11.9 Å². The minimum absolute atomic E-state index is 0.541. The summed E-state index contributed by atoms with van der Waals surface area (Å²) in [5, 5.41) is 9.09. The highest BCUT2D eigenvalue weighted by Gasteiger charge is 2.21. The molecule has 1 rings (SSSR count). The molecule has 0 saturated heterocycles. The number of anilines is 1. The summed E-state index contributed by atoms with van der Waals surface area (Å²) in [5.74, 6) is -0.164. The highest BCUT2D eigenvalue weighted by Crippen LogP contribution is 2.15. The Morgan fingerprint density at radius 2 is 2.18 bits per heavy atom. The molecule has 0 aliphatic carbocycles. The zero-order valence-corrected chi connectivity index (χ0v) is 10.6. The van der Waals surface area contributed by atoms with Crippen molar-refractivity contribution in [1.29, 1.82) is 0 Å². The average Bonchev–Trinajstić information content (AvgIpc) is 2.30. The van der Waals surface area contributed by atoms with Gasteiger partial charge in [0.1, 0.15) is 18.2 Å². The van der Waals surface area contributed by atoms with E-state index in [1.165, 1.54) is 6.33 Å². The maximum absolute atomic E-state index is 11.1. The van der Waals surface area contributed by atoms with Crippen molar-refractivity contribution in [2.24, 2.45) is 0 Å². The zero-order chi connectivity index (χ0) is 12.8. The van der Waals surface area contributed by atoms with Gasteiger partial charge >= 0.3 is 5.97 Å². The number of carboxylic acids is 1. The Labute approximate surface area is 102 Å². The largest absolute Gasteiger partial charge is 0.480 e. The normalized spacial score (nSPS) is 12.2. The van der Waals surface area contributed by atoms with Crippen LogP contribution in [0.2, 0.25) is 0 Å². The lowest BCUT2D eigenvalue weighted by Gasteiger charge is -2.24. The van der Waals surface area contributed by atoms with E-state index >= 15 is 0 Å². The molecule has 0 aliphatic rings. The van der Waals surface area contributed by atoms with Crippen LogP contribution in [0.3, 0.4) is 0 Å². The van der Waals surface area contributed by atoms with Crippen molar-refractivity contribution in [1.82, 2.24) is 9.97 Å². The Kier molecular flexibility index (Phi) is 4.87. The lowest BCUT2D eigenvalue weighted by Crippen LogP contribution is -2.38. The summed E-state index contributed by atoms with van der Waals surface area (Å²) in [6, 6.07) is 1.31. The van der Waals surface area contributed by atoms with Crippen molar-refractivity contribution in [3.8, 4) is 0 Å². The van der Waals surface area contributed by atoms with Gasteiger partial charge in [0.2, 0.25) is 0 Å². The molecule has 0 bridgehead atoms. The van der Waals surface area contributed by atoms with Gasteiger partial charge in [-0.2, -0.15) is 0 Å². The van der Waals surface area contributed by atoms with Crippen molar-refractivity contribution in [3.05, 3.63) is 18.1 Å². The van der Waals surface area contributed by atoms with Crippen LogP contribution in [0.15, 0.2) is 12.4 Å². The highest BCUT2D eigenvalue weighted by atomic mass is 16.4. The molecule has 0 saturated carbocycles. The monoisotopic (exact) mass is 237 g/mol. The molecule has 1 unspecified atom stereocenters. The lowest BCUT2D eigenvalue weighted by atomic mass is 10.2. The molecule has 94 valence electrons. The van der Waals surface area contributed by atoms with Gasteiger partial charge in [-0.1, -0.05) is 20.3 Å². The maximum atomic E-state index is 11.1. The van der Waals surface area contributed by atoms with E-state index in [9.17, 15) is 4.79 Å². The summed E-state index contributed by atoms with van der Waals surface area (Å²) in [4.78, 5) is 21.0. The van der Waals surface area contributed by atoms with Crippen molar-refractivity contribution in [2.45, 2.75) is 39.2 Å². The van der Waals surface area contributed by atoms with Gasteiger partial charge in [0.25, 0.3) is 0 Å². The first-order valence-electron chi connectivity index (χ1n) is 5.86. The first-order chi connectivity index (χ1) is 8.10. The van der Waals surface area contributed by atoms with E-state index in [-0.39, 0.29) is 0 Å². The van der Waals surface area contributed by atoms with Gasteiger partial charge in [0.15, 0.2) is 0 Å². The van der Waals surface area contributed by atoms with Gasteiger partial charge in [0.05, 0.1) is 0 Å². The first-order valence-corrected chi connectivity index (χ1v) is 5.86. The molecule has 0 radical (unpaired) electrons. The SMILES string of the molecule is CCCc1cc(N(C)C(CC)C(=O)O)ncn1. The molecule has 5 heteroatoms. The third-order valence-electron chi connectivity index (χ3n) is 2.72. The number of hydrogen-bond donors (Lipinski definition) is 1. The van der Waals surface area contributed by atoms with E-state index < -0.39 is 12.0 Å². The predicted molar refractivity (Wildman–Crippen MR) is 66.1 cm³/mol. The van der Waals surface area contributed by atoms with Crippen LogP contribution in [0, 0.1) is 0 Å². The zero-order valence-electron chi connectivity index (χ0n) is 10.6. The minimum Gasteiger partial charge on any atom is -0.480 e. The van der Waals surface area contributed by atoms with Crippen LogP contribution < -0.4 is 4.90 Å². The van der Waals surface area contributed by atoms with Crippen LogP contribution in [0.4, 0.5) is 5.82 Å². The molecule has 0 aromatic carbocycles. The maximum Gasteiger partial charge on any atom is 0.326 e. The van der Waals surface area contributed by atoms with Gasteiger partial charge in [-0.05, 0) is 12.8 Å². The standard InChI is InChI=1S/C12H19N3O2/c1-4-6-9-7-11(14-8-13-9)15(3)10(5-2)12(16)17/h7-8,10H,4-6H2,1-3H3,(H,16,17). The molecular weight excluding hydrogens is 218 g/mol. The van der Waals surface area contributed by atoms with Crippen LogP contribution in [0.5, 0.6) is 0 Å². The Balaban J connectivity index is 2.90. The molecule has 0 spiro atoms. The summed E-state index contributed by atoms with van der Waals surface area (Å²) >= 11 is 0. The highest BCUT2D eigenvalue weighted by molar-refractivity contribution is 5.77. The molecule has 1 N–H and O–H groups in total. The van der Waals surface area contributed by atoms with Crippen LogP contribution in [0.1, 0.15) is 32.4 Å². The Morgan fingerprint density at radius 3 is 2.71 bits per heavy atom. The van der Waals surface area contributed by atoms with Gasteiger partial charge in [0, 0.05) is 18.8 Å². The number of likely N-dealkylation sites (N-methyl/N-ethyl adjacent to an activating group) is 1. The number of aliphatic carboxylic acids is 1. The molecule has 0 aliphatic heterocycles. The van der Waals surface area contributed by atoms with Crippen LogP contribution in [-0.2, 0) is 11.2 Å². The Bertz CT molecular complexity index is 382.